The first-order chi connectivity index (χ1) is 13.9. The van der Waals surface area contributed by atoms with Gasteiger partial charge in [0.05, 0.1) is 5.57 Å². The second-order valence-corrected chi connectivity index (χ2v) is 8.45. The molecule has 29 heavy (non-hydrogen) atoms. The van der Waals surface area contributed by atoms with E-state index >= 15 is 0 Å². The lowest BCUT2D eigenvalue weighted by Gasteiger charge is -2.25. The fraction of sp³-hybridized carbons (Fsp3) is 0.130. The summed E-state index contributed by atoms with van der Waals surface area (Å²) >= 11 is 7.38. The molecule has 1 fully saturated rings. The molecule has 2 heterocycles. The first kappa shape index (κ1) is 19.4. The molecule has 1 aliphatic heterocycles. The van der Waals surface area contributed by atoms with Crippen LogP contribution >= 0.6 is 22.9 Å². The van der Waals surface area contributed by atoms with Gasteiger partial charge >= 0.3 is 0 Å². The van der Waals surface area contributed by atoms with Crippen LogP contribution < -0.4 is 4.90 Å². The van der Waals surface area contributed by atoms with E-state index in [4.69, 9.17) is 11.6 Å². The summed E-state index contributed by atoms with van der Waals surface area (Å²) in [6, 6.07) is 15.3. The van der Waals surface area contributed by atoms with Crippen molar-refractivity contribution in [1.29, 1.82) is 0 Å². The van der Waals surface area contributed by atoms with E-state index in [0.717, 1.165) is 16.0 Å². The molecule has 0 aliphatic carbocycles. The third-order valence-corrected chi connectivity index (χ3v) is 6.04. The summed E-state index contributed by atoms with van der Waals surface area (Å²) in [5.41, 5.74) is 3.14. The van der Waals surface area contributed by atoms with Gasteiger partial charge in [-0.25, -0.2) is 0 Å². The zero-order chi connectivity index (χ0) is 20.7. The lowest BCUT2D eigenvalue weighted by atomic mass is 9.99. The number of ketones is 1. The maximum Gasteiger partial charge on any atom is 0.300 e. The van der Waals surface area contributed by atoms with Gasteiger partial charge in [-0.15, -0.1) is 11.3 Å². The number of thiophene rings is 1. The van der Waals surface area contributed by atoms with Crippen molar-refractivity contribution >= 4 is 46.1 Å². The summed E-state index contributed by atoms with van der Waals surface area (Å²) in [6.45, 7) is 3.89. The molecule has 6 heteroatoms. The van der Waals surface area contributed by atoms with Crippen LogP contribution in [-0.2, 0) is 9.59 Å². The molecule has 1 aliphatic rings. The van der Waals surface area contributed by atoms with E-state index < -0.39 is 17.7 Å². The Labute approximate surface area is 177 Å². The van der Waals surface area contributed by atoms with Gasteiger partial charge in [0.2, 0.25) is 0 Å². The molecule has 1 N–H and O–H groups in total. The molecule has 0 saturated carbocycles. The molecule has 1 saturated heterocycles. The van der Waals surface area contributed by atoms with Gasteiger partial charge < -0.3 is 5.11 Å². The van der Waals surface area contributed by atoms with Gasteiger partial charge in [-0.3, -0.25) is 14.5 Å². The lowest BCUT2D eigenvalue weighted by molar-refractivity contribution is -0.132. The Bertz CT molecular complexity index is 1110. The zero-order valence-electron chi connectivity index (χ0n) is 15.8. The molecule has 1 amide bonds. The number of halogens is 1. The van der Waals surface area contributed by atoms with Gasteiger partial charge in [-0.2, -0.15) is 0 Å². The molecule has 146 valence electrons. The van der Waals surface area contributed by atoms with Gasteiger partial charge in [0.1, 0.15) is 11.8 Å². The number of nitrogens with zero attached hydrogens (tertiary/aromatic N) is 1. The van der Waals surface area contributed by atoms with Crippen molar-refractivity contribution in [2.24, 2.45) is 0 Å². The Morgan fingerprint density at radius 3 is 2.28 bits per heavy atom. The standard InChI is InChI=1S/C23H18ClNO3S/c1-13-10-14(2)12-17(11-13)25-20(18-4-3-9-29-18)19(22(27)23(25)28)21(26)15-5-7-16(24)8-6-15/h3-12,20,26H,1-2H3/b21-19-. The van der Waals surface area contributed by atoms with Crippen LogP contribution in [0.5, 0.6) is 0 Å². The summed E-state index contributed by atoms with van der Waals surface area (Å²) in [5.74, 6) is -1.55. The average Bonchev–Trinajstić information content (AvgIpc) is 3.28. The number of benzene rings is 2. The summed E-state index contributed by atoms with van der Waals surface area (Å²) < 4.78 is 0. The SMILES string of the molecule is Cc1cc(C)cc(N2C(=O)C(=O)/C(=C(\O)c3ccc(Cl)cc3)C2c2cccs2)c1. The molecule has 3 aromatic rings. The Morgan fingerprint density at radius 1 is 1.03 bits per heavy atom. The predicted molar refractivity (Wildman–Crippen MR) is 116 cm³/mol. The predicted octanol–water partition coefficient (Wildman–Crippen LogP) is 5.64. The third kappa shape index (κ3) is 3.48. The number of amides is 1. The Morgan fingerprint density at radius 2 is 1.69 bits per heavy atom. The maximum atomic E-state index is 13.0. The summed E-state index contributed by atoms with van der Waals surface area (Å²) in [4.78, 5) is 28.4. The van der Waals surface area contributed by atoms with Gasteiger partial charge in [0.25, 0.3) is 11.7 Å². The first-order valence-corrected chi connectivity index (χ1v) is 10.3. The van der Waals surface area contributed by atoms with E-state index in [1.54, 1.807) is 24.3 Å². The van der Waals surface area contributed by atoms with Gasteiger partial charge in [-0.1, -0.05) is 23.7 Å². The van der Waals surface area contributed by atoms with Gasteiger partial charge in [0, 0.05) is 21.2 Å². The number of carbonyl (C=O) groups excluding carboxylic acids is 2. The van der Waals surface area contributed by atoms with E-state index in [9.17, 15) is 14.7 Å². The highest BCUT2D eigenvalue weighted by Crippen LogP contribution is 2.43. The average molecular weight is 424 g/mol. The fourth-order valence-electron chi connectivity index (χ4n) is 3.67. The molecular weight excluding hydrogens is 406 g/mol. The Hall–Kier alpha value is -2.89. The van der Waals surface area contributed by atoms with E-state index in [-0.39, 0.29) is 11.3 Å². The molecule has 0 radical (unpaired) electrons. The molecule has 2 aromatic carbocycles. The summed E-state index contributed by atoms with van der Waals surface area (Å²) in [6.07, 6.45) is 0. The molecule has 4 rings (SSSR count). The lowest BCUT2D eigenvalue weighted by Crippen LogP contribution is -2.29. The second kappa shape index (κ2) is 7.50. The highest BCUT2D eigenvalue weighted by molar-refractivity contribution is 7.10. The minimum Gasteiger partial charge on any atom is -0.507 e. The number of rotatable bonds is 3. The highest BCUT2D eigenvalue weighted by atomic mass is 35.5. The second-order valence-electron chi connectivity index (χ2n) is 7.04. The van der Waals surface area contributed by atoms with Crippen LogP contribution in [0.1, 0.15) is 27.6 Å². The molecule has 1 aromatic heterocycles. The molecule has 0 spiro atoms. The number of anilines is 1. The third-order valence-electron chi connectivity index (χ3n) is 4.86. The van der Waals surface area contributed by atoms with Crippen LogP contribution in [0.15, 0.2) is 65.6 Å². The summed E-state index contributed by atoms with van der Waals surface area (Å²) in [5, 5.41) is 13.4. The molecule has 1 atom stereocenters. The monoisotopic (exact) mass is 423 g/mol. The van der Waals surface area contributed by atoms with Crippen molar-refractivity contribution in [3.05, 3.63) is 92.1 Å². The molecular formula is C23H18ClNO3S. The van der Waals surface area contributed by atoms with Crippen LogP contribution in [0.2, 0.25) is 5.02 Å². The normalized spacial score (nSPS) is 18.4. The minimum absolute atomic E-state index is 0.0823. The van der Waals surface area contributed by atoms with Crippen molar-refractivity contribution in [3.63, 3.8) is 0 Å². The highest BCUT2D eigenvalue weighted by Gasteiger charge is 2.47. The topological polar surface area (TPSA) is 57.6 Å². The van der Waals surface area contributed by atoms with E-state index in [2.05, 4.69) is 0 Å². The Balaban J connectivity index is 1.94. The van der Waals surface area contributed by atoms with E-state index in [1.807, 2.05) is 49.6 Å². The van der Waals surface area contributed by atoms with Gasteiger partial charge in [-0.05, 0) is 72.8 Å². The van der Waals surface area contributed by atoms with Gasteiger partial charge in [0.15, 0.2) is 0 Å². The number of aryl methyl sites for hydroxylation is 2. The van der Waals surface area contributed by atoms with Crippen LogP contribution in [0, 0.1) is 13.8 Å². The molecule has 4 nitrogen and oxygen atoms in total. The smallest absolute Gasteiger partial charge is 0.300 e. The van der Waals surface area contributed by atoms with Crippen molar-refractivity contribution in [2.45, 2.75) is 19.9 Å². The van der Waals surface area contributed by atoms with Crippen molar-refractivity contribution in [1.82, 2.24) is 0 Å². The van der Waals surface area contributed by atoms with Crippen LogP contribution in [0.3, 0.4) is 0 Å². The van der Waals surface area contributed by atoms with E-state index in [1.165, 1.54) is 16.2 Å². The van der Waals surface area contributed by atoms with Crippen LogP contribution in [-0.4, -0.2) is 16.8 Å². The number of hydrogen-bond acceptors (Lipinski definition) is 4. The number of hydrogen-bond donors (Lipinski definition) is 1. The summed E-state index contributed by atoms with van der Waals surface area (Å²) in [7, 11) is 0. The zero-order valence-corrected chi connectivity index (χ0v) is 17.4. The quantitative estimate of drug-likeness (QED) is 0.336. The number of aliphatic hydroxyl groups is 1. The fourth-order valence-corrected chi connectivity index (χ4v) is 4.62. The minimum atomic E-state index is -0.699. The van der Waals surface area contributed by atoms with Crippen molar-refractivity contribution in [3.8, 4) is 0 Å². The number of Topliss-reactive ketones (excluding diaryl/α,β-unsaturated/α-hetero) is 1. The largest absolute Gasteiger partial charge is 0.507 e. The van der Waals surface area contributed by atoms with Crippen LogP contribution in [0.4, 0.5) is 5.69 Å². The number of carbonyl (C=O) groups is 2. The molecule has 1 unspecified atom stereocenters. The van der Waals surface area contributed by atoms with Crippen LogP contribution in [0.25, 0.3) is 5.76 Å². The molecule has 0 bridgehead atoms. The van der Waals surface area contributed by atoms with Crippen molar-refractivity contribution in [2.75, 3.05) is 4.90 Å². The maximum absolute atomic E-state index is 13.0. The number of aliphatic hydroxyl groups excluding tert-OH is 1. The van der Waals surface area contributed by atoms with Crippen molar-refractivity contribution < 1.29 is 14.7 Å². The first-order valence-electron chi connectivity index (χ1n) is 9.05. The van der Waals surface area contributed by atoms with E-state index in [0.29, 0.717) is 16.3 Å². The Kier molecular flexibility index (Phi) is 5.03.